The number of fused-ring (bicyclic) bond motifs is 1. The average molecular weight is 317 g/mol. The molecule has 7 heteroatoms. The number of H-pyrrole nitrogens is 1. The van der Waals surface area contributed by atoms with Gasteiger partial charge in [0.1, 0.15) is 10.7 Å². The molecule has 1 heterocycles. The number of non-ortho nitro benzene ring substituents is 1. The van der Waals surface area contributed by atoms with Gasteiger partial charge in [0.05, 0.1) is 10.6 Å². The van der Waals surface area contributed by atoms with E-state index in [9.17, 15) is 10.1 Å². The van der Waals surface area contributed by atoms with Crippen molar-refractivity contribution in [3.05, 3.63) is 63.3 Å². The third kappa shape index (κ3) is 2.87. The lowest BCUT2D eigenvalue weighted by Crippen LogP contribution is -2.05. The number of hydrogen-bond donors (Lipinski definition) is 2. The molecule has 0 atom stereocenters. The van der Waals surface area contributed by atoms with Crippen LogP contribution < -0.4 is 5.32 Å². The summed E-state index contributed by atoms with van der Waals surface area (Å²) in [5, 5.41) is 21.8. The Morgan fingerprint density at radius 3 is 2.77 bits per heavy atom. The first kappa shape index (κ1) is 14.3. The Morgan fingerprint density at radius 2 is 2.05 bits per heavy atom. The van der Waals surface area contributed by atoms with E-state index in [0.717, 1.165) is 6.42 Å². The summed E-state index contributed by atoms with van der Waals surface area (Å²) < 4.78 is 0. The molecule has 22 heavy (non-hydrogen) atoms. The van der Waals surface area contributed by atoms with Gasteiger partial charge in [-0.3, -0.25) is 15.2 Å². The molecule has 0 bridgehead atoms. The number of aromatic nitrogens is 2. The molecule has 0 aliphatic heterocycles. The summed E-state index contributed by atoms with van der Waals surface area (Å²) in [5.74, 6) is 0. The maximum Gasteiger partial charge on any atom is 0.272 e. The first-order valence-corrected chi connectivity index (χ1v) is 7.13. The molecule has 2 aromatic carbocycles. The molecule has 0 saturated carbocycles. The highest BCUT2D eigenvalue weighted by Gasteiger charge is 2.15. The Bertz CT molecular complexity index is 817. The average Bonchev–Trinajstić information content (AvgIpc) is 2.90. The molecule has 0 fully saturated rings. The van der Waals surface area contributed by atoms with Crippen LogP contribution in [0.25, 0.3) is 10.9 Å². The molecule has 0 radical (unpaired) electrons. The van der Waals surface area contributed by atoms with Gasteiger partial charge in [-0.15, -0.1) is 0 Å². The highest BCUT2D eigenvalue weighted by Crippen LogP contribution is 2.31. The van der Waals surface area contributed by atoms with Crippen molar-refractivity contribution in [2.45, 2.75) is 6.42 Å². The van der Waals surface area contributed by atoms with E-state index < -0.39 is 4.92 Å². The van der Waals surface area contributed by atoms with Crippen LogP contribution in [0, 0.1) is 10.1 Å². The van der Waals surface area contributed by atoms with E-state index in [2.05, 4.69) is 15.5 Å². The van der Waals surface area contributed by atoms with Crippen LogP contribution >= 0.6 is 11.6 Å². The molecule has 1 aromatic heterocycles. The molecule has 0 aliphatic carbocycles. The summed E-state index contributed by atoms with van der Waals surface area (Å²) in [5.41, 5.74) is 2.38. The van der Waals surface area contributed by atoms with Crippen LogP contribution in [0.1, 0.15) is 5.56 Å². The monoisotopic (exact) mass is 316 g/mol. The van der Waals surface area contributed by atoms with E-state index in [1.807, 2.05) is 30.3 Å². The molecule has 112 valence electrons. The molecule has 3 aromatic rings. The van der Waals surface area contributed by atoms with Crippen molar-refractivity contribution >= 4 is 33.9 Å². The van der Waals surface area contributed by atoms with Gasteiger partial charge in [-0.05, 0) is 12.0 Å². The van der Waals surface area contributed by atoms with Gasteiger partial charge in [0, 0.05) is 24.1 Å². The zero-order chi connectivity index (χ0) is 15.5. The standard InChI is InChI=1S/C15H13ClN4O2/c16-15-12-8-11(20(21)22)9-13(14(12)18-19-15)17-7-6-10-4-2-1-3-5-10/h1-5,8-9,17H,6-7H2,(H,18,19). The molecule has 0 amide bonds. The molecular formula is C15H13ClN4O2. The number of rotatable bonds is 5. The van der Waals surface area contributed by atoms with E-state index in [-0.39, 0.29) is 5.69 Å². The second kappa shape index (κ2) is 6.03. The number of nitrogens with zero attached hydrogens (tertiary/aromatic N) is 2. The molecule has 0 saturated heterocycles. The van der Waals surface area contributed by atoms with Crippen molar-refractivity contribution in [1.82, 2.24) is 10.2 Å². The van der Waals surface area contributed by atoms with E-state index in [4.69, 9.17) is 11.6 Å². The second-order valence-corrected chi connectivity index (χ2v) is 5.22. The lowest BCUT2D eigenvalue weighted by molar-refractivity contribution is -0.384. The van der Waals surface area contributed by atoms with Crippen LogP contribution in [-0.4, -0.2) is 21.7 Å². The van der Waals surface area contributed by atoms with Crippen molar-refractivity contribution in [3.63, 3.8) is 0 Å². The number of halogens is 1. The molecular weight excluding hydrogens is 304 g/mol. The quantitative estimate of drug-likeness (QED) is 0.554. The fourth-order valence-electron chi connectivity index (χ4n) is 2.30. The summed E-state index contributed by atoms with van der Waals surface area (Å²) in [6.07, 6.45) is 0.809. The number of nitro benzene ring substituents is 1. The molecule has 6 nitrogen and oxygen atoms in total. The molecule has 2 N–H and O–H groups in total. The lowest BCUT2D eigenvalue weighted by atomic mass is 10.1. The minimum Gasteiger partial charge on any atom is -0.383 e. The number of benzene rings is 2. The summed E-state index contributed by atoms with van der Waals surface area (Å²) in [6, 6.07) is 12.9. The van der Waals surface area contributed by atoms with Gasteiger partial charge >= 0.3 is 0 Å². The Hall–Kier alpha value is -2.60. The molecule has 0 aliphatic rings. The maximum absolute atomic E-state index is 11.0. The van der Waals surface area contributed by atoms with Crippen LogP contribution in [0.2, 0.25) is 5.15 Å². The second-order valence-electron chi connectivity index (χ2n) is 4.85. The van der Waals surface area contributed by atoms with Gasteiger partial charge in [0.2, 0.25) is 0 Å². The highest BCUT2D eigenvalue weighted by atomic mass is 35.5. The fourth-order valence-corrected chi connectivity index (χ4v) is 2.48. The number of anilines is 1. The predicted molar refractivity (Wildman–Crippen MR) is 86.4 cm³/mol. The Labute approximate surface area is 131 Å². The van der Waals surface area contributed by atoms with Crippen LogP contribution in [-0.2, 0) is 6.42 Å². The third-order valence-corrected chi connectivity index (χ3v) is 3.67. The van der Waals surface area contributed by atoms with Crippen molar-refractivity contribution in [1.29, 1.82) is 0 Å². The predicted octanol–water partition coefficient (Wildman–Crippen LogP) is 3.78. The minimum atomic E-state index is -0.439. The summed E-state index contributed by atoms with van der Waals surface area (Å²) in [7, 11) is 0. The number of hydrogen-bond acceptors (Lipinski definition) is 4. The van der Waals surface area contributed by atoms with E-state index in [1.165, 1.54) is 17.7 Å². The highest BCUT2D eigenvalue weighted by molar-refractivity contribution is 6.34. The van der Waals surface area contributed by atoms with Gasteiger partial charge in [-0.1, -0.05) is 41.9 Å². The van der Waals surface area contributed by atoms with Gasteiger partial charge in [0.25, 0.3) is 5.69 Å². The summed E-state index contributed by atoms with van der Waals surface area (Å²) >= 11 is 5.98. The zero-order valence-corrected chi connectivity index (χ0v) is 12.3. The Balaban J connectivity index is 1.84. The first-order chi connectivity index (χ1) is 10.6. The van der Waals surface area contributed by atoms with Gasteiger partial charge in [-0.25, -0.2) is 0 Å². The Kier molecular flexibility index (Phi) is 3.93. The van der Waals surface area contributed by atoms with Crippen LogP contribution in [0.3, 0.4) is 0 Å². The van der Waals surface area contributed by atoms with Gasteiger partial charge in [-0.2, -0.15) is 5.10 Å². The van der Waals surface area contributed by atoms with Crippen molar-refractivity contribution in [2.24, 2.45) is 0 Å². The summed E-state index contributed by atoms with van der Waals surface area (Å²) in [6.45, 7) is 0.644. The van der Waals surface area contributed by atoms with Crippen molar-refractivity contribution in [2.75, 3.05) is 11.9 Å². The number of aromatic amines is 1. The molecule has 0 unspecified atom stereocenters. The molecule has 0 spiro atoms. The fraction of sp³-hybridized carbons (Fsp3) is 0.133. The maximum atomic E-state index is 11.0. The van der Waals surface area contributed by atoms with E-state index in [1.54, 1.807) is 0 Å². The third-order valence-electron chi connectivity index (χ3n) is 3.38. The van der Waals surface area contributed by atoms with E-state index in [0.29, 0.717) is 28.3 Å². The number of nitro groups is 1. The zero-order valence-electron chi connectivity index (χ0n) is 11.5. The SMILES string of the molecule is O=[N+]([O-])c1cc(NCCc2ccccc2)c2n[nH]c(Cl)c2c1. The Morgan fingerprint density at radius 1 is 1.27 bits per heavy atom. The van der Waals surface area contributed by atoms with Crippen molar-refractivity contribution in [3.8, 4) is 0 Å². The normalized spacial score (nSPS) is 10.8. The largest absolute Gasteiger partial charge is 0.383 e. The van der Waals surface area contributed by atoms with Crippen LogP contribution in [0.4, 0.5) is 11.4 Å². The van der Waals surface area contributed by atoms with Crippen LogP contribution in [0.5, 0.6) is 0 Å². The van der Waals surface area contributed by atoms with Gasteiger partial charge < -0.3 is 5.32 Å². The molecule has 3 rings (SSSR count). The van der Waals surface area contributed by atoms with E-state index >= 15 is 0 Å². The minimum absolute atomic E-state index is 0.0157. The smallest absolute Gasteiger partial charge is 0.272 e. The topological polar surface area (TPSA) is 83.8 Å². The van der Waals surface area contributed by atoms with Gasteiger partial charge in [0.15, 0.2) is 0 Å². The van der Waals surface area contributed by atoms with Crippen LogP contribution in [0.15, 0.2) is 42.5 Å². The van der Waals surface area contributed by atoms with Crippen molar-refractivity contribution < 1.29 is 4.92 Å². The lowest BCUT2D eigenvalue weighted by Gasteiger charge is -2.07. The number of nitrogens with one attached hydrogen (secondary N) is 2. The first-order valence-electron chi connectivity index (χ1n) is 6.75. The summed E-state index contributed by atoms with van der Waals surface area (Å²) in [4.78, 5) is 10.6.